The number of aryl methyl sites for hydroxylation is 1. The fourth-order valence-electron chi connectivity index (χ4n) is 2.35. The van der Waals surface area contributed by atoms with Gasteiger partial charge in [-0.05, 0) is 31.5 Å². The number of carbonyl (C=O) groups excluding carboxylic acids is 2. The average Bonchev–Trinajstić information content (AvgIpc) is 2.50. The minimum Gasteiger partial charge on any atom is -0.492 e. The second kappa shape index (κ2) is 7.79. The number of hydrogen-bond donors (Lipinski definition) is 2. The highest BCUT2D eigenvalue weighted by Crippen LogP contribution is 2.11. The summed E-state index contributed by atoms with van der Waals surface area (Å²) in [4.78, 5) is 25.3. The van der Waals surface area contributed by atoms with Crippen molar-refractivity contribution in [2.24, 2.45) is 0 Å². The number of carbonyl (C=O) groups is 2. The highest BCUT2D eigenvalue weighted by atomic mass is 16.5. The number of amides is 2. The Bertz CT molecular complexity index is 533. The van der Waals surface area contributed by atoms with E-state index in [0.29, 0.717) is 26.2 Å². The van der Waals surface area contributed by atoms with Gasteiger partial charge in [0.15, 0.2) is 0 Å². The van der Waals surface area contributed by atoms with Crippen molar-refractivity contribution in [2.45, 2.75) is 19.9 Å². The van der Waals surface area contributed by atoms with Crippen LogP contribution >= 0.6 is 0 Å². The van der Waals surface area contributed by atoms with Crippen LogP contribution in [0.5, 0.6) is 5.75 Å². The van der Waals surface area contributed by atoms with Gasteiger partial charge in [0.05, 0.1) is 19.1 Å². The van der Waals surface area contributed by atoms with E-state index in [4.69, 9.17) is 4.74 Å². The van der Waals surface area contributed by atoms with Crippen molar-refractivity contribution < 1.29 is 14.3 Å². The number of rotatable bonds is 6. The lowest BCUT2D eigenvalue weighted by molar-refractivity contribution is -0.130. The van der Waals surface area contributed by atoms with Crippen molar-refractivity contribution >= 4 is 11.8 Å². The molecule has 0 aliphatic carbocycles. The summed E-state index contributed by atoms with van der Waals surface area (Å²) in [6.07, 6.45) is 0. The zero-order valence-corrected chi connectivity index (χ0v) is 13.1. The van der Waals surface area contributed by atoms with Gasteiger partial charge in [0.1, 0.15) is 12.4 Å². The summed E-state index contributed by atoms with van der Waals surface area (Å²) in [5, 5.41) is 5.59. The molecule has 1 aliphatic rings. The van der Waals surface area contributed by atoms with Gasteiger partial charge in [-0.1, -0.05) is 12.1 Å². The molecule has 0 aromatic heterocycles. The monoisotopic (exact) mass is 305 g/mol. The molecule has 22 heavy (non-hydrogen) atoms. The van der Waals surface area contributed by atoms with E-state index in [1.54, 1.807) is 0 Å². The van der Waals surface area contributed by atoms with Crippen molar-refractivity contribution in [3.63, 3.8) is 0 Å². The summed E-state index contributed by atoms with van der Waals surface area (Å²) in [6, 6.07) is 7.48. The first kappa shape index (κ1) is 16.3. The van der Waals surface area contributed by atoms with E-state index in [0.717, 1.165) is 11.3 Å². The maximum Gasteiger partial charge on any atom is 0.237 e. The zero-order chi connectivity index (χ0) is 15.9. The van der Waals surface area contributed by atoms with Crippen molar-refractivity contribution in [1.82, 2.24) is 15.5 Å². The largest absolute Gasteiger partial charge is 0.492 e. The zero-order valence-electron chi connectivity index (χ0n) is 13.1. The first-order valence-corrected chi connectivity index (χ1v) is 7.54. The minimum absolute atomic E-state index is 0.0336. The first-order chi connectivity index (χ1) is 10.6. The van der Waals surface area contributed by atoms with Gasteiger partial charge in [-0.2, -0.15) is 0 Å². The molecule has 120 valence electrons. The van der Waals surface area contributed by atoms with Crippen molar-refractivity contribution in [1.29, 1.82) is 0 Å². The highest BCUT2D eigenvalue weighted by Gasteiger charge is 2.25. The minimum atomic E-state index is -0.315. The summed E-state index contributed by atoms with van der Waals surface area (Å²) in [5.41, 5.74) is 1.14. The molecule has 0 radical (unpaired) electrons. The Kier molecular flexibility index (Phi) is 5.77. The van der Waals surface area contributed by atoms with Crippen LogP contribution in [0.3, 0.4) is 0 Å². The lowest BCUT2D eigenvalue weighted by Gasteiger charge is -2.31. The SMILES string of the molecule is Cc1cccc(OCCNC(=O)C(C)N2CCNC(=O)C2)c1. The molecule has 1 atom stereocenters. The Morgan fingerprint density at radius 3 is 3.05 bits per heavy atom. The van der Waals surface area contributed by atoms with Crippen LogP contribution in [0, 0.1) is 6.92 Å². The van der Waals surface area contributed by atoms with Crippen LogP contribution in [0.15, 0.2) is 24.3 Å². The smallest absolute Gasteiger partial charge is 0.237 e. The molecule has 1 fully saturated rings. The summed E-state index contributed by atoms with van der Waals surface area (Å²) in [5.74, 6) is 0.686. The quantitative estimate of drug-likeness (QED) is 0.742. The molecule has 2 N–H and O–H groups in total. The van der Waals surface area contributed by atoms with Crippen molar-refractivity contribution in [2.75, 3.05) is 32.8 Å². The van der Waals surface area contributed by atoms with Gasteiger partial charge < -0.3 is 15.4 Å². The van der Waals surface area contributed by atoms with Crippen molar-refractivity contribution in [3.8, 4) is 5.75 Å². The molecule has 6 nitrogen and oxygen atoms in total. The Labute approximate surface area is 130 Å². The third-order valence-corrected chi connectivity index (χ3v) is 3.65. The van der Waals surface area contributed by atoms with Gasteiger partial charge in [-0.3, -0.25) is 14.5 Å². The van der Waals surface area contributed by atoms with Gasteiger partial charge >= 0.3 is 0 Å². The molecule has 1 aromatic carbocycles. The van der Waals surface area contributed by atoms with Crippen LogP contribution in [-0.2, 0) is 9.59 Å². The number of ether oxygens (including phenoxy) is 1. The highest BCUT2D eigenvalue weighted by molar-refractivity contribution is 5.83. The van der Waals surface area contributed by atoms with E-state index in [1.807, 2.05) is 43.0 Å². The molecule has 0 spiro atoms. The molecule has 2 rings (SSSR count). The van der Waals surface area contributed by atoms with Gasteiger partial charge in [0.2, 0.25) is 11.8 Å². The van der Waals surface area contributed by atoms with Crippen LogP contribution in [0.25, 0.3) is 0 Å². The Morgan fingerprint density at radius 1 is 1.50 bits per heavy atom. The normalized spacial score (nSPS) is 16.7. The molecule has 2 amide bonds. The summed E-state index contributed by atoms with van der Waals surface area (Å²) < 4.78 is 5.59. The van der Waals surface area contributed by atoms with Crippen LogP contribution < -0.4 is 15.4 Å². The molecule has 0 saturated carbocycles. The predicted molar refractivity (Wildman–Crippen MR) is 83.7 cm³/mol. The van der Waals surface area contributed by atoms with Gasteiger partial charge in [-0.15, -0.1) is 0 Å². The maximum absolute atomic E-state index is 12.1. The van der Waals surface area contributed by atoms with Crippen LogP contribution in [0.2, 0.25) is 0 Å². The molecule has 1 aromatic rings. The standard InChI is InChI=1S/C16H23N3O3/c1-12-4-3-5-14(10-12)22-9-7-18-16(21)13(2)19-8-6-17-15(20)11-19/h3-5,10,13H,6-9,11H2,1-2H3,(H,17,20)(H,18,21). The lowest BCUT2D eigenvalue weighted by Crippen LogP contribution is -2.55. The topological polar surface area (TPSA) is 70.7 Å². The van der Waals surface area contributed by atoms with Crippen molar-refractivity contribution in [3.05, 3.63) is 29.8 Å². The Balaban J connectivity index is 1.69. The second-order valence-corrected chi connectivity index (χ2v) is 5.45. The molecule has 1 heterocycles. The summed E-state index contributed by atoms with van der Waals surface area (Å²) >= 11 is 0. The molecule has 0 bridgehead atoms. The fourth-order valence-corrected chi connectivity index (χ4v) is 2.35. The van der Waals surface area contributed by atoms with E-state index in [9.17, 15) is 9.59 Å². The van der Waals surface area contributed by atoms with Crippen LogP contribution in [-0.4, -0.2) is 55.5 Å². The van der Waals surface area contributed by atoms with Gasteiger partial charge in [0.25, 0.3) is 0 Å². The summed E-state index contributed by atoms with van der Waals surface area (Å²) in [7, 11) is 0. The number of piperazine rings is 1. The predicted octanol–water partition coefficient (Wildman–Crippen LogP) is 0.310. The number of nitrogens with one attached hydrogen (secondary N) is 2. The fraction of sp³-hybridized carbons (Fsp3) is 0.500. The molecule has 1 aliphatic heterocycles. The summed E-state index contributed by atoms with van der Waals surface area (Å²) in [6.45, 7) is 6.24. The van der Waals surface area contributed by atoms with Gasteiger partial charge in [0, 0.05) is 13.1 Å². The van der Waals surface area contributed by atoms with E-state index < -0.39 is 0 Å². The molecule has 6 heteroatoms. The Morgan fingerprint density at radius 2 is 2.32 bits per heavy atom. The molecular formula is C16H23N3O3. The second-order valence-electron chi connectivity index (χ2n) is 5.45. The third-order valence-electron chi connectivity index (χ3n) is 3.65. The van der Waals surface area contributed by atoms with E-state index in [2.05, 4.69) is 10.6 Å². The van der Waals surface area contributed by atoms with E-state index in [-0.39, 0.29) is 24.4 Å². The number of benzene rings is 1. The Hall–Kier alpha value is -2.08. The first-order valence-electron chi connectivity index (χ1n) is 7.54. The molecule has 1 unspecified atom stereocenters. The van der Waals surface area contributed by atoms with Crippen LogP contribution in [0.1, 0.15) is 12.5 Å². The van der Waals surface area contributed by atoms with Crippen LogP contribution in [0.4, 0.5) is 0 Å². The molecule has 1 saturated heterocycles. The maximum atomic E-state index is 12.1. The number of hydrogen-bond acceptors (Lipinski definition) is 4. The third kappa shape index (κ3) is 4.73. The average molecular weight is 305 g/mol. The van der Waals surface area contributed by atoms with E-state index >= 15 is 0 Å². The molecular weight excluding hydrogens is 282 g/mol. The lowest BCUT2D eigenvalue weighted by atomic mass is 10.2. The van der Waals surface area contributed by atoms with Gasteiger partial charge in [-0.25, -0.2) is 0 Å². The number of nitrogens with zero attached hydrogens (tertiary/aromatic N) is 1. The van der Waals surface area contributed by atoms with E-state index in [1.165, 1.54) is 0 Å².